The molecule has 1 aromatic carbocycles. The number of hydrogen-bond donors (Lipinski definition) is 3. The van der Waals surface area contributed by atoms with Gasteiger partial charge in [0, 0.05) is 18.7 Å². The quantitative estimate of drug-likeness (QED) is 0.590. The van der Waals surface area contributed by atoms with E-state index in [4.69, 9.17) is 10.1 Å². The highest BCUT2D eigenvalue weighted by molar-refractivity contribution is 7.22. The Morgan fingerprint density at radius 3 is 2.52 bits per heavy atom. The van der Waals surface area contributed by atoms with Gasteiger partial charge in [0.05, 0.1) is 0 Å². The number of pyridine rings is 1. The summed E-state index contributed by atoms with van der Waals surface area (Å²) in [5.41, 5.74) is 1.29. The predicted molar refractivity (Wildman–Crippen MR) is 111 cm³/mol. The van der Waals surface area contributed by atoms with Crippen molar-refractivity contribution in [3.63, 3.8) is 0 Å². The Bertz CT molecular complexity index is 1060. The van der Waals surface area contributed by atoms with E-state index in [2.05, 4.69) is 15.2 Å². The van der Waals surface area contributed by atoms with Gasteiger partial charge in [0.2, 0.25) is 0 Å². The number of carbonyl (C=O) groups excluding carboxylic acids is 1. The van der Waals surface area contributed by atoms with Crippen LogP contribution in [0.15, 0.2) is 30.3 Å². The molecule has 1 amide bonds. The fraction of sp³-hybridized carbons (Fsp3) is 0.300. The van der Waals surface area contributed by atoms with Crippen molar-refractivity contribution in [2.75, 3.05) is 24.5 Å². The highest BCUT2D eigenvalue weighted by Gasteiger charge is 2.26. The zero-order valence-electron chi connectivity index (χ0n) is 15.6. The van der Waals surface area contributed by atoms with Crippen LogP contribution in [0, 0.1) is 0 Å². The summed E-state index contributed by atoms with van der Waals surface area (Å²) in [4.78, 5) is 34.5. The fourth-order valence-electron chi connectivity index (χ4n) is 3.38. The Labute approximate surface area is 170 Å². The van der Waals surface area contributed by atoms with E-state index >= 15 is 0 Å². The van der Waals surface area contributed by atoms with Gasteiger partial charge < -0.3 is 20.4 Å². The first-order valence-electron chi connectivity index (χ1n) is 9.38. The van der Waals surface area contributed by atoms with E-state index in [1.165, 1.54) is 11.3 Å². The molecule has 2 aromatic heterocycles. The van der Waals surface area contributed by atoms with Crippen LogP contribution in [0.1, 0.15) is 29.8 Å². The summed E-state index contributed by atoms with van der Waals surface area (Å²) in [6.07, 6.45) is 3.16. The summed E-state index contributed by atoms with van der Waals surface area (Å²) >= 11 is 1.29. The third kappa shape index (κ3) is 3.86. The Kier molecular flexibility index (Phi) is 5.30. The van der Waals surface area contributed by atoms with Gasteiger partial charge in [-0.25, -0.2) is 9.97 Å². The van der Waals surface area contributed by atoms with Gasteiger partial charge >= 0.3 is 5.97 Å². The fourth-order valence-corrected chi connectivity index (χ4v) is 4.39. The zero-order valence-corrected chi connectivity index (χ0v) is 16.4. The van der Waals surface area contributed by atoms with E-state index in [1.807, 2.05) is 30.3 Å². The van der Waals surface area contributed by atoms with Gasteiger partial charge in [-0.05, 0) is 19.3 Å². The summed E-state index contributed by atoms with van der Waals surface area (Å²) in [5.74, 6) is -1.61. The Hall–Kier alpha value is -3.20. The largest absolute Gasteiger partial charge is 0.504 e. The summed E-state index contributed by atoms with van der Waals surface area (Å²) < 4.78 is 0.472. The van der Waals surface area contributed by atoms with Gasteiger partial charge in [-0.15, -0.1) is 11.3 Å². The van der Waals surface area contributed by atoms with Crippen molar-refractivity contribution in [1.29, 1.82) is 0 Å². The molecule has 0 bridgehead atoms. The number of hydrogen-bond acceptors (Lipinski definition) is 7. The minimum atomic E-state index is -1.17. The van der Waals surface area contributed by atoms with Crippen LogP contribution in [0.4, 0.5) is 5.82 Å². The molecular formula is C20H20N4O4S. The molecule has 4 rings (SSSR count). The molecule has 29 heavy (non-hydrogen) atoms. The van der Waals surface area contributed by atoms with Crippen molar-refractivity contribution in [3.8, 4) is 16.3 Å². The number of aliphatic carboxylic acids is 1. The number of piperidine rings is 1. The summed E-state index contributed by atoms with van der Waals surface area (Å²) in [5, 5.41) is 22.6. The molecule has 3 aromatic rings. The number of aromatic nitrogens is 2. The van der Waals surface area contributed by atoms with E-state index in [1.54, 1.807) is 0 Å². The van der Waals surface area contributed by atoms with E-state index in [9.17, 15) is 14.7 Å². The number of carboxylic acids is 1. The highest BCUT2D eigenvalue weighted by atomic mass is 32.1. The minimum absolute atomic E-state index is 0.178. The number of fused-ring (bicyclic) bond motifs is 1. The Morgan fingerprint density at radius 1 is 1.10 bits per heavy atom. The van der Waals surface area contributed by atoms with Gasteiger partial charge in [0.1, 0.15) is 21.8 Å². The second-order valence-electron chi connectivity index (χ2n) is 6.82. The number of aromatic hydroxyl groups is 1. The third-order valence-electron chi connectivity index (χ3n) is 4.79. The lowest BCUT2D eigenvalue weighted by atomic mass is 10.1. The molecule has 1 fully saturated rings. The van der Waals surface area contributed by atoms with Gasteiger partial charge in [-0.1, -0.05) is 30.3 Å². The van der Waals surface area contributed by atoms with E-state index in [0.29, 0.717) is 16.0 Å². The normalized spacial score (nSPS) is 14.1. The molecule has 1 saturated heterocycles. The van der Waals surface area contributed by atoms with Crippen LogP contribution in [0.5, 0.6) is 5.75 Å². The van der Waals surface area contributed by atoms with Crippen molar-refractivity contribution in [2.45, 2.75) is 19.3 Å². The number of amides is 1. The average Bonchev–Trinajstić information content (AvgIpc) is 3.20. The SMILES string of the molecule is O=C(O)CNC(=O)c1nc(N2CCCCC2)c2nc(-c3ccccc3)sc2c1O. The van der Waals surface area contributed by atoms with Gasteiger partial charge in [-0.3, -0.25) is 9.59 Å². The Morgan fingerprint density at radius 2 is 1.83 bits per heavy atom. The first kappa shape index (κ1) is 19.1. The number of rotatable bonds is 5. The predicted octanol–water partition coefficient (Wildman–Crippen LogP) is 2.87. The highest BCUT2D eigenvalue weighted by Crippen LogP contribution is 2.41. The van der Waals surface area contributed by atoms with Crippen LogP contribution in [0.25, 0.3) is 20.8 Å². The van der Waals surface area contributed by atoms with Crippen LogP contribution in [-0.2, 0) is 4.79 Å². The van der Waals surface area contributed by atoms with Gasteiger partial charge in [0.25, 0.3) is 5.91 Å². The van der Waals surface area contributed by atoms with Crippen molar-refractivity contribution in [2.24, 2.45) is 0 Å². The molecule has 3 heterocycles. The van der Waals surface area contributed by atoms with Crippen molar-refractivity contribution in [3.05, 3.63) is 36.0 Å². The molecule has 8 nitrogen and oxygen atoms in total. The number of thiazole rings is 1. The standard InChI is InChI=1S/C20H20N4O4S/c25-13(26)11-21-19(28)14-16(27)17-15(18(22-14)24-9-5-2-6-10-24)23-20(29-17)12-7-3-1-4-8-12/h1,3-4,7-8,27H,2,5-6,9-11H2,(H,21,28)(H,25,26). The first-order valence-corrected chi connectivity index (χ1v) is 10.2. The van der Waals surface area contributed by atoms with Crippen LogP contribution in [0.3, 0.4) is 0 Å². The van der Waals surface area contributed by atoms with Crippen molar-refractivity contribution in [1.82, 2.24) is 15.3 Å². The van der Waals surface area contributed by atoms with Gasteiger partial charge in [0.15, 0.2) is 17.3 Å². The van der Waals surface area contributed by atoms with E-state index < -0.39 is 18.4 Å². The maximum absolute atomic E-state index is 12.5. The smallest absolute Gasteiger partial charge is 0.322 e. The molecule has 0 unspecified atom stereocenters. The zero-order chi connectivity index (χ0) is 20.4. The van der Waals surface area contributed by atoms with Crippen molar-refractivity contribution >= 4 is 39.2 Å². The van der Waals surface area contributed by atoms with Crippen molar-refractivity contribution < 1.29 is 19.8 Å². The summed E-state index contributed by atoms with van der Waals surface area (Å²) in [7, 11) is 0. The molecule has 1 aliphatic rings. The number of carboxylic acid groups (broad SMARTS) is 1. The van der Waals surface area contributed by atoms with Crippen LogP contribution >= 0.6 is 11.3 Å². The average molecular weight is 412 g/mol. The molecule has 3 N–H and O–H groups in total. The number of nitrogens with zero attached hydrogens (tertiary/aromatic N) is 3. The lowest BCUT2D eigenvalue weighted by molar-refractivity contribution is -0.135. The molecule has 0 spiro atoms. The lowest BCUT2D eigenvalue weighted by Gasteiger charge is -2.28. The molecule has 0 aliphatic carbocycles. The number of nitrogens with one attached hydrogen (secondary N) is 1. The van der Waals surface area contributed by atoms with Crippen LogP contribution in [0.2, 0.25) is 0 Å². The van der Waals surface area contributed by atoms with E-state index in [0.717, 1.165) is 42.9 Å². The van der Waals surface area contributed by atoms with Crippen LogP contribution < -0.4 is 10.2 Å². The molecule has 0 radical (unpaired) electrons. The maximum Gasteiger partial charge on any atom is 0.322 e. The van der Waals surface area contributed by atoms with Gasteiger partial charge in [-0.2, -0.15) is 0 Å². The third-order valence-corrected chi connectivity index (χ3v) is 5.90. The molecular weight excluding hydrogens is 392 g/mol. The van der Waals surface area contributed by atoms with E-state index in [-0.39, 0.29) is 11.4 Å². The minimum Gasteiger partial charge on any atom is -0.504 e. The number of anilines is 1. The molecule has 0 saturated carbocycles. The lowest BCUT2D eigenvalue weighted by Crippen LogP contribution is -2.33. The number of carbonyl (C=O) groups is 2. The molecule has 9 heteroatoms. The number of benzene rings is 1. The molecule has 1 aliphatic heterocycles. The maximum atomic E-state index is 12.5. The molecule has 150 valence electrons. The summed E-state index contributed by atoms with van der Waals surface area (Å²) in [6.45, 7) is 1.04. The summed E-state index contributed by atoms with van der Waals surface area (Å²) in [6, 6.07) is 9.61. The Balaban J connectivity index is 1.85. The monoisotopic (exact) mass is 412 g/mol. The first-order chi connectivity index (χ1) is 14.0. The second-order valence-corrected chi connectivity index (χ2v) is 7.82. The van der Waals surface area contributed by atoms with Crippen LogP contribution in [-0.4, -0.2) is 51.7 Å². The molecule has 0 atom stereocenters. The second kappa shape index (κ2) is 8.04. The topological polar surface area (TPSA) is 116 Å².